The van der Waals surface area contributed by atoms with Crippen LogP contribution in [-0.2, 0) is 0 Å². The van der Waals surface area contributed by atoms with Crippen LogP contribution in [0, 0.1) is 0 Å². The molecule has 0 aromatic heterocycles. The van der Waals surface area contributed by atoms with Crippen molar-refractivity contribution in [2.75, 3.05) is 4.90 Å². The van der Waals surface area contributed by atoms with Crippen LogP contribution in [0.5, 0.6) is 0 Å². The maximum absolute atomic E-state index is 2.41. The molecule has 0 radical (unpaired) electrons. The van der Waals surface area contributed by atoms with Crippen LogP contribution >= 0.6 is 0 Å². The summed E-state index contributed by atoms with van der Waals surface area (Å²) in [5.74, 6) is 0. The lowest BCUT2D eigenvalue weighted by Crippen LogP contribution is -2.09. The number of anilines is 3. The Balaban J connectivity index is 0.910. The van der Waals surface area contributed by atoms with E-state index in [-0.39, 0.29) is 0 Å². The first kappa shape index (κ1) is 45.1. The van der Waals surface area contributed by atoms with E-state index in [0.29, 0.717) is 0 Å². The monoisotopic (exact) mass is 953 g/mol. The van der Waals surface area contributed by atoms with Crippen molar-refractivity contribution >= 4 is 38.6 Å². The zero-order valence-corrected chi connectivity index (χ0v) is 41.4. The van der Waals surface area contributed by atoms with Gasteiger partial charge in [-0.1, -0.05) is 267 Å². The van der Waals surface area contributed by atoms with Gasteiger partial charge in [-0.05, 0) is 153 Å². The highest BCUT2D eigenvalue weighted by molar-refractivity contribution is 6.22. The summed E-state index contributed by atoms with van der Waals surface area (Å²) in [6.45, 7) is 0. The predicted octanol–water partition coefficient (Wildman–Crippen LogP) is 20.8. The van der Waals surface area contributed by atoms with Crippen LogP contribution in [0.1, 0.15) is 0 Å². The molecule has 0 aliphatic rings. The molecular formula is C74H51N. The minimum atomic E-state index is 1.07. The van der Waals surface area contributed by atoms with E-state index in [9.17, 15) is 0 Å². The van der Waals surface area contributed by atoms with E-state index in [1.807, 2.05) is 0 Å². The second-order valence-corrected chi connectivity index (χ2v) is 19.2. The number of benzene rings is 13. The summed E-state index contributed by atoms with van der Waals surface area (Å²) in [6, 6.07) is 112. The van der Waals surface area contributed by atoms with Gasteiger partial charge in [0.25, 0.3) is 0 Å². The van der Waals surface area contributed by atoms with Gasteiger partial charge in [-0.25, -0.2) is 0 Å². The molecule has 0 spiro atoms. The lowest BCUT2D eigenvalue weighted by atomic mass is 9.84. The molecule has 0 aliphatic carbocycles. The highest BCUT2D eigenvalue weighted by atomic mass is 15.1. The number of fused-ring (bicyclic) bond motifs is 3. The largest absolute Gasteiger partial charge is 0.311 e. The van der Waals surface area contributed by atoms with Crippen LogP contribution in [0.3, 0.4) is 0 Å². The van der Waals surface area contributed by atoms with Crippen molar-refractivity contribution in [3.8, 4) is 89.0 Å². The Morgan fingerprint density at radius 1 is 0.160 bits per heavy atom. The molecule has 0 bridgehead atoms. The molecule has 0 fully saturated rings. The van der Waals surface area contributed by atoms with Crippen LogP contribution in [0.15, 0.2) is 309 Å². The van der Waals surface area contributed by atoms with Crippen molar-refractivity contribution in [2.24, 2.45) is 0 Å². The molecule has 75 heavy (non-hydrogen) atoms. The molecule has 352 valence electrons. The minimum absolute atomic E-state index is 1.07. The third kappa shape index (κ3) is 8.77. The van der Waals surface area contributed by atoms with Gasteiger partial charge in [-0.3, -0.25) is 0 Å². The van der Waals surface area contributed by atoms with Crippen LogP contribution in [0.2, 0.25) is 0 Å². The first-order valence-corrected chi connectivity index (χ1v) is 25.8. The maximum Gasteiger partial charge on any atom is 0.0462 e. The summed E-state index contributed by atoms with van der Waals surface area (Å²) >= 11 is 0. The Bertz CT molecular complexity index is 4080. The van der Waals surface area contributed by atoms with E-state index in [2.05, 4.69) is 314 Å². The molecule has 0 saturated carbocycles. The first-order valence-electron chi connectivity index (χ1n) is 25.8. The molecule has 1 nitrogen and oxygen atoms in total. The van der Waals surface area contributed by atoms with Crippen LogP contribution in [-0.4, -0.2) is 0 Å². The molecule has 0 heterocycles. The summed E-state index contributed by atoms with van der Waals surface area (Å²) in [5, 5.41) is 5.00. The van der Waals surface area contributed by atoms with E-state index in [1.54, 1.807) is 0 Å². The molecule has 13 aromatic rings. The van der Waals surface area contributed by atoms with Crippen molar-refractivity contribution < 1.29 is 0 Å². The quantitative estimate of drug-likeness (QED) is 0.117. The summed E-state index contributed by atoms with van der Waals surface area (Å²) < 4.78 is 0. The molecule has 13 rings (SSSR count). The molecular weight excluding hydrogens is 903 g/mol. The van der Waals surface area contributed by atoms with E-state index >= 15 is 0 Å². The van der Waals surface area contributed by atoms with Gasteiger partial charge < -0.3 is 4.90 Å². The Morgan fingerprint density at radius 2 is 0.453 bits per heavy atom. The van der Waals surface area contributed by atoms with Gasteiger partial charge in [0.2, 0.25) is 0 Å². The fourth-order valence-corrected chi connectivity index (χ4v) is 11.1. The lowest BCUT2D eigenvalue weighted by molar-refractivity contribution is 1.28. The van der Waals surface area contributed by atoms with Crippen LogP contribution < -0.4 is 4.90 Å². The lowest BCUT2D eigenvalue weighted by Gasteiger charge is -2.26. The highest BCUT2D eigenvalue weighted by Gasteiger charge is 2.20. The van der Waals surface area contributed by atoms with Crippen molar-refractivity contribution in [1.82, 2.24) is 0 Å². The second-order valence-electron chi connectivity index (χ2n) is 19.2. The van der Waals surface area contributed by atoms with Gasteiger partial charge >= 0.3 is 0 Å². The average molecular weight is 954 g/mol. The molecule has 0 N–H and O–H groups in total. The van der Waals surface area contributed by atoms with Gasteiger partial charge in [-0.2, -0.15) is 0 Å². The Morgan fingerprint density at radius 3 is 0.920 bits per heavy atom. The molecule has 0 saturated heterocycles. The Labute approximate surface area is 439 Å². The molecule has 0 atom stereocenters. The van der Waals surface area contributed by atoms with Crippen molar-refractivity contribution in [1.29, 1.82) is 0 Å². The van der Waals surface area contributed by atoms with Crippen molar-refractivity contribution in [2.45, 2.75) is 0 Å². The minimum Gasteiger partial charge on any atom is -0.311 e. The predicted molar refractivity (Wildman–Crippen MR) is 320 cm³/mol. The molecule has 13 aromatic carbocycles. The van der Waals surface area contributed by atoms with E-state index in [4.69, 9.17) is 0 Å². The summed E-state index contributed by atoms with van der Waals surface area (Å²) in [4.78, 5) is 2.38. The summed E-state index contributed by atoms with van der Waals surface area (Å²) in [7, 11) is 0. The zero-order chi connectivity index (χ0) is 49.9. The Kier molecular flexibility index (Phi) is 12.0. The Hall–Kier alpha value is -9.82. The number of hydrogen-bond donors (Lipinski definition) is 0. The zero-order valence-electron chi connectivity index (χ0n) is 41.4. The fourth-order valence-electron chi connectivity index (χ4n) is 11.1. The number of hydrogen-bond acceptors (Lipinski definition) is 1. The number of nitrogens with zero attached hydrogens (tertiary/aromatic N) is 1. The van der Waals surface area contributed by atoms with Gasteiger partial charge in [0.1, 0.15) is 0 Å². The summed E-state index contributed by atoms with van der Waals surface area (Å²) in [5.41, 5.74) is 22.5. The first-order chi connectivity index (χ1) is 37.2. The van der Waals surface area contributed by atoms with Gasteiger partial charge in [0.15, 0.2) is 0 Å². The average Bonchev–Trinajstić information content (AvgIpc) is 3.51. The van der Waals surface area contributed by atoms with Crippen molar-refractivity contribution in [3.63, 3.8) is 0 Å². The second kappa shape index (κ2) is 20.0. The van der Waals surface area contributed by atoms with E-state index < -0.39 is 0 Å². The maximum atomic E-state index is 2.41. The number of rotatable bonds is 11. The van der Waals surface area contributed by atoms with E-state index in [0.717, 1.165) is 28.2 Å². The standard InChI is InChI=1S/C74H51N/c1-6-19-52(20-7-1)53-33-35-54(36-34-53)55-37-44-63(45-38-55)75(65-48-41-58(42-49-65)67-32-18-31-66(57-21-8-2-9-22-57)72(67)59-23-10-3-11-24-59)64-46-39-56(40-47-64)62-43-50-69-68-29-16-17-30-70(68)73(60-25-12-4-13-26-60)74(71(69)51-62)61-27-14-5-15-28-61/h1-51H. The van der Waals surface area contributed by atoms with Gasteiger partial charge in [-0.15, -0.1) is 0 Å². The van der Waals surface area contributed by atoms with E-state index in [1.165, 1.54) is 99.4 Å². The normalized spacial score (nSPS) is 11.2. The molecule has 0 aliphatic heterocycles. The SMILES string of the molecule is c1ccc(-c2ccc(-c3ccc(N(c4ccc(-c5ccc6c(c5)c(-c5ccccc5)c(-c5ccccc5)c5ccccc56)cc4)c4ccc(-c5cccc(-c6ccccc6)c5-c5ccccc5)cc4)cc3)cc2)cc1. The third-order valence-electron chi connectivity index (χ3n) is 14.7. The van der Waals surface area contributed by atoms with Crippen LogP contribution in [0.4, 0.5) is 17.1 Å². The van der Waals surface area contributed by atoms with Crippen molar-refractivity contribution in [3.05, 3.63) is 309 Å². The smallest absolute Gasteiger partial charge is 0.0462 e. The molecule has 1 heteroatoms. The molecule has 0 amide bonds. The fraction of sp³-hybridized carbons (Fsp3) is 0. The van der Waals surface area contributed by atoms with Crippen LogP contribution in [0.25, 0.3) is 111 Å². The van der Waals surface area contributed by atoms with Gasteiger partial charge in [0.05, 0.1) is 0 Å². The molecule has 0 unspecified atom stereocenters. The topological polar surface area (TPSA) is 3.24 Å². The third-order valence-corrected chi connectivity index (χ3v) is 14.7. The highest BCUT2D eigenvalue weighted by Crippen LogP contribution is 2.47. The summed E-state index contributed by atoms with van der Waals surface area (Å²) in [6.07, 6.45) is 0. The van der Waals surface area contributed by atoms with Gasteiger partial charge in [0, 0.05) is 17.1 Å².